The summed E-state index contributed by atoms with van der Waals surface area (Å²) >= 11 is 0. The number of amides is 2. The summed E-state index contributed by atoms with van der Waals surface area (Å²) in [5.74, 6) is 0.544. The molecule has 0 radical (unpaired) electrons. The molecule has 26 heavy (non-hydrogen) atoms. The highest BCUT2D eigenvalue weighted by molar-refractivity contribution is 5.95. The van der Waals surface area contributed by atoms with Gasteiger partial charge in [-0.25, -0.2) is 0 Å². The van der Waals surface area contributed by atoms with Crippen LogP contribution in [-0.2, 0) is 4.79 Å². The van der Waals surface area contributed by atoms with Gasteiger partial charge in [-0.3, -0.25) is 14.6 Å². The van der Waals surface area contributed by atoms with Gasteiger partial charge in [-0.05, 0) is 24.3 Å². The van der Waals surface area contributed by atoms with Crippen molar-refractivity contribution in [3.05, 3.63) is 42.2 Å². The zero-order valence-electron chi connectivity index (χ0n) is 14.6. The molecular formula is C18H20N4O4. The van der Waals surface area contributed by atoms with Gasteiger partial charge in [-0.2, -0.15) is 4.98 Å². The summed E-state index contributed by atoms with van der Waals surface area (Å²) in [5, 5.41) is 2.68. The van der Waals surface area contributed by atoms with Gasteiger partial charge in [0.2, 0.25) is 17.7 Å². The molecule has 0 bridgehead atoms. The molecular weight excluding hydrogens is 336 g/mol. The number of rotatable bonds is 5. The first kappa shape index (κ1) is 17.7. The van der Waals surface area contributed by atoms with Crippen LogP contribution in [0, 0.1) is 0 Å². The minimum absolute atomic E-state index is 0.0674. The summed E-state index contributed by atoms with van der Waals surface area (Å²) < 4.78 is 10.8. The molecule has 2 amide bonds. The Kier molecular flexibility index (Phi) is 5.31. The molecule has 1 aromatic carbocycles. The number of methoxy groups -OCH3 is 1. The number of anilines is 1. The zero-order chi connectivity index (χ0) is 18.5. The monoisotopic (exact) mass is 356 g/mol. The second-order valence-corrected chi connectivity index (χ2v) is 5.94. The standard InChI is InChI=1S/C18H20N4O4/c1-12(23)20-14-5-3-13(4-6-14)18(24)22-8-7-15(11-22)26-17-10-19-9-16(21-17)25-2/h3-6,9-10,15H,7-8,11H2,1-2H3,(H,20,23). The Balaban J connectivity index is 1.59. The third-order valence-corrected chi connectivity index (χ3v) is 3.97. The van der Waals surface area contributed by atoms with Gasteiger partial charge < -0.3 is 19.7 Å². The molecule has 1 N–H and O–H groups in total. The lowest BCUT2D eigenvalue weighted by Crippen LogP contribution is -2.31. The third kappa shape index (κ3) is 4.27. The van der Waals surface area contributed by atoms with E-state index in [4.69, 9.17) is 9.47 Å². The van der Waals surface area contributed by atoms with Crippen LogP contribution in [0.3, 0.4) is 0 Å². The molecule has 1 aliphatic rings. The van der Waals surface area contributed by atoms with E-state index in [1.165, 1.54) is 26.4 Å². The fourth-order valence-electron chi connectivity index (χ4n) is 2.75. The van der Waals surface area contributed by atoms with Crippen LogP contribution in [0.15, 0.2) is 36.7 Å². The first-order valence-corrected chi connectivity index (χ1v) is 8.25. The largest absolute Gasteiger partial charge is 0.480 e. The van der Waals surface area contributed by atoms with Crippen molar-refractivity contribution < 1.29 is 19.1 Å². The van der Waals surface area contributed by atoms with Crippen molar-refractivity contribution >= 4 is 17.5 Å². The number of benzene rings is 1. The summed E-state index contributed by atoms with van der Waals surface area (Å²) in [7, 11) is 1.51. The molecule has 2 heterocycles. The highest BCUT2D eigenvalue weighted by atomic mass is 16.5. The Hall–Kier alpha value is -3.16. The molecule has 8 heteroatoms. The van der Waals surface area contributed by atoms with Crippen molar-refractivity contribution in [1.29, 1.82) is 0 Å². The van der Waals surface area contributed by atoms with Crippen molar-refractivity contribution in [1.82, 2.24) is 14.9 Å². The van der Waals surface area contributed by atoms with Crippen LogP contribution < -0.4 is 14.8 Å². The lowest BCUT2D eigenvalue weighted by atomic mass is 10.2. The predicted molar refractivity (Wildman–Crippen MR) is 94.3 cm³/mol. The molecule has 0 saturated carbocycles. The van der Waals surface area contributed by atoms with Crippen LogP contribution in [0.25, 0.3) is 0 Å². The average Bonchev–Trinajstić information content (AvgIpc) is 3.10. The number of likely N-dealkylation sites (tertiary alicyclic amines) is 1. The van der Waals surface area contributed by atoms with Crippen molar-refractivity contribution in [3.8, 4) is 11.8 Å². The van der Waals surface area contributed by atoms with E-state index in [0.717, 1.165) is 0 Å². The Bertz CT molecular complexity index is 794. The van der Waals surface area contributed by atoms with E-state index in [2.05, 4.69) is 15.3 Å². The van der Waals surface area contributed by atoms with Gasteiger partial charge in [0, 0.05) is 31.1 Å². The topological polar surface area (TPSA) is 93.7 Å². The highest BCUT2D eigenvalue weighted by Gasteiger charge is 2.28. The van der Waals surface area contributed by atoms with E-state index in [-0.39, 0.29) is 17.9 Å². The lowest BCUT2D eigenvalue weighted by molar-refractivity contribution is -0.114. The van der Waals surface area contributed by atoms with E-state index < -0.39 is 0 Å². The fourth-order valence-corrected chi connectivity index (χ4v) is 2.75. The molecule has 1 saturated heterocycles. The van der Waals surface area contributed by atoms with Crippen LogP contribution in [-0.4, -0.2) is 53.0 Å². The van der Waals surface area contributed by atoms with Crippen LogP contribution in [0.5, 0.6) is 11.8 Å². The summed E-state index contributed by atoms with van der Waals surface area (Å²) in [6.45, 7) is 2.52. The Morgan fingerprint density at radius 2 is 1.92 bits per heavy atom. The zero-order valence-corrected chi connectivity index (χ0v) is 14.6. The van der Waals surface area contributed by atoms with Crippen molar-refractivity contribution in [2.75, 3.05) is 25.5 Å². The Morgan fingerprint density at radius 3 is 2.62 bits per heavy atom. The van der Waals surface area contributed by atoms with Gasteiger partial charge in [0.05, 0.1) is 26.0 Å². The minimum Gasteiger partial charge on any atom is -0.480 e. The number of nitrogens with one attached hydrogen (secondary N) is 1. The maximum atomic E-state index is 12.6. The molecule has 1 atom stereocenters. The van der Waals surface area contributed by atoms with Gasteiger partial charge >= 0.3 is 0 Å². The van der Waals surface area contributed by atoms with Crippen molar-refractivity contribution in [2.24, 2.45) is 0 Å². The van der Waals surface area contributed by atoms with E-state index in [1.54, 1.807) is 29.2 Å². The number of nitrogens with zero attached hydrogens (tertiary/aromatic N) is 3. The van der Waals surface area contributed by atoms with E-state index in [9.17, 15) is 9.59 Å². The SMILES string of the molecule is COc1cncc(OC2CCN(C(=O)c3ccc(NC(C)=O)cc3)C2)n1. The molecule has 136 valence electrons. The molecule has 3 rings (SSSR count). The maximum absolute atomic E-state index is 12.6. The number of carbonyl (C=O) groups is 2. The van der Waals surface area contributed by atoms with E-state index >= 15 is 0 Å². The van der Waals surface area contributed by atoms with Gasteiger partial charge in [-0.15, -0.1) is 0 Å². The van der Waals surface area contributed by atoms with E-state index in [0.29, 0.717) is 42.5 Å². The highest BCUT2D eigenvalue weighted by Crippen LogP contribution is 2.20. The second kappa shape index (κ2) is 7.81. The first-order valence-electron chi connectivity index (χ1n) is 8.25. The van der Waals surface area contributed by atoms with Crippen molar-refractivity contribution in [3.63, 3.8) is 0 Å². The molecule has 1 aromatic heterocycles. The van der Waals surface area contributed by atoms with Crippen molar-refractivity contribution in [2.45, 2.75) is 19.4 Å². The van der Waals surface area contributed by atoms with Crippen LogP contribution in [0.4, 0.5) is 5.69 Å². The predicted octanol–water partition coefficient (Wildman–Crippen LogP) is 1.74. The number of aromatic nitrogens is 2. The maximum Gasteiger partial charge on any atom is 0.253 e. The third-order valence-electron chi connectivity index (χ3n) is 3.97. The van der Waals surface area contributed by atoms with Crippen LogP contribution in [0.2, 0.25) is 0 Å². The summed E-state index contributed by atoms with van der Waals surface area (Å²) in [4.78, 5) is 33.6. The van der Waals surface area contributed by atoms with Gasteiger partial charge in [0.25, 0.3) is 5.91 Å². The van der Waals surface area contributed by atoms with Gasteiger partial charge in [0.1, 0.15) is 6.10 Å². The number of hydrogen-bond acceptors (Lipinski definition) is 6. The quantitative estimate of drug-likeness (QED) is 0.877. The molecule has 0 aliphatic carbocycles. The molecule has 8 nitrogen and oxygen atoms in total. The first-order chi connectivity index (χ1) is 12.5. The normalized spacial score (nSPS) is 16.2. The van der Waals surface area contributed by atoms with E-state index in [1.807, 2.05) is 0 Å². The summed E-state index contributed by atoms with van der Waals surface area (Å²) in [6, 6.07) is 6.83. The second-order valence-electron chi connectivity index (χ2n) is 5.94. The molecule has 1 unspecified atom stereocenters. The van der Waals surface area contributed by atoms with Crippen LogP contribution in [0.1, 0.15) is 23.7 Å². The average molecular weight is 356 g/mol. The summed E-state index contributed by atoms with van der Waals surface area (Å²) in [6.07, 6.45) is 3.60. The smallest absolute Gasteiger partial charge is 0.253 e. The van der Waals surface area contributed by atoms with Gasteiger partial charge in [0.15, 0.2) is 0 Å². The number of hydrogen-bond donors (Lipinski definition) is 1. The minimum atomic E-state index is -0.149. The van der Waals surface area contributed by atoms with Gasteiger partial charge in [-0.1, -0.05) is 0 Å². The summed E-state index contributed by atoms with van der Waals surface area (Å²) in [5.41, 5.74) is 1.23. The fraction of sp³-hybridized carbons (Fsp3) is 0.333. The molecule has 2 aromatic rings. The Morgan fingerprint density at radius 1 is 1.19 bits per heavy atom. The Labute approximate surface area is 151 Å². The number of carbonyl (C=O) groups excluding carboxylic acids is 2. The molecule has 1 fully saturated rings. The van der Waals surface area contributed by atoms with Crippen LogP contribution >= 0.6 is 0 Å². The lowest BCUT2D eigenvalue weighted by Gasteiger charge is -2.17. The molecule has 1 aliphatic heterocycles. The molecule has 0 spiro atoms. The number of ether oxygens (including phenoxy) is 2.